The van der Waals surface area contributed by atoms with Gasteiger partial charge in [0.05, 0.1) is 0 Å². The summed E-state index contributed by atoms with van der Waals surface area (Å²) in [6, 6.07) is 14.9. The van der Waals surface area contributed by atoms with E-state index in [2.05, 4.69) is 0 Å². The van der Waals surface area contributed by atoms with E-state index in [1.165, 1.54) is 0 Å². The second-order valence-corrected chi connectivity index (χ2v) is 4.57. The molecule has 1 heterocycles. The Morgan fingerprint density at radius 2 is 1.45 bits per heavy atom. The minimum atomic E-state index is -1.96. The molecule has 0 fully saturated rings. The Hall–Kier alpha value is -2.50. The number of aliphatic hydroxyl groups is 3. The fourth-order valence-corrected chi connectivity index (χ4v) is 2.43. The summed E-state index contributed by atoms with van der Waals surface area (Å²) in [7, 11) is 0. The molecule has 2 aromatic carbocycles. The standard InChI is InChI=1S/C15H13NO4/c17-13-11-8-4-5-9-12(11)15(19,16(20)14(13)18)10-6-2-1-3-7-10/h1-9,17-20H/t15-/m0/s1. The molecule has 0 saturated heterocycles. The van der Waals surface area contributed by atoms with E-state index in [-0.39, 0.29) is 16.2 Å². The topological polar surface area (TPSA) is 84.2 Å². The SMILES string of the molecule is OC1=C(O)N(O)[C@](O)(c2ccccc2)c2ccccc21. The zero-order valence-electron chi connectivity index (χ0n) is 10.4. The number of fused-ring (bicyclic) bond motifs is 1. The number of nitrogens with zero attached hydrogens (tertiary/aromatic N) is 1. The third kappa shape index (κ3) is 1.51. The predicted octanol–water partition coefficient (Wildman–Crippen LogP) is 2.33. The van der Waals surface area contributed by atoms with Crippen LogP contribution in [-0.4, -0.2) is 25.6 Å². The highest BCUT2D eigenvalue weighted by atomic mass is 16.6. The van der Waals surface area contributed by atoms with E-state index in [0.717, 1.165) is 0 Å². The van der Waals surface area contributed by atoms with Crippen LogP contribution in [0.1, 0.15) is 16.7 Å². The second-order valence-electron chi connectivity index (χ2n) is 4.57. The Bertz CT molecular complexity index is 683. The Labute approximate surface area is 115 Å². The molecule has 102 valence electrons. The van der Waals surface area contributed by atoms with Gasteiger partial charge in [-0.2, -0.15) is 5.06 Å². The molecule has 0 radical (unpaired) electrons. The molecule has 0 saturated carbocycles. The van der Waals surface area contributed by atoms with Gasteiger partial charge in [0.2, 0.25) is 5.72 Å². The number of aliphatic hydroxyl groups excluding tert-OH is 2. The second kappa shape index (κ2) is 4.26. The molecule has 3 rings (SSSR count). The molecule has 5 nitrogen and oxygen atoms in total. The van der Waals surface area contributed by atoms with Crippen molar-refractivity contribution < 1.29 is 20.5 Å². The van der Waals surface area contributed by atoms with E-state index in [4.69, 9.17) is 0 Å². The lowest BCUT2D eigenvalue weighted by Crippen LogP contribution is -2.47. The van der Waals surface area contributed by atoms with E-state index in [9.17, 15) is 20.5 Å². The van der Waals surface area contributed by atoms with Crippen LogP contribution < -0.4 is 0 Å². The van der Waals surface area contributed by atoms with E-state index in [0.29, 0.717) is 5.56 Å². The van der Waals surface area contributed by atoms with Gasteiger partial charge >= 0.3 is 0 Å². The van der Waals surface area contributed by atoms with Gasteiger partial charge in [0.1, 0.15) is 0 Å². The molecule has 20 heavy (non-hydrogen) atoms. The van der Waals surface area contributed by atoms with Crippen LogP contribution in [0, 0.1) is 0 Å². The van der Waals surface area contributed by atoms with Gasteiger partial charge in [-0.05, 0) is 0 Å². The van der Waals surface area contributed by atoms with Crippen molar-refractivity contribution in [2.45, 2.75) is 5.72 Å². The number of rotatable bonds is 1. The van der Waals surface area contributed by atoms with Crippen LogP contribution in [0.25, 0.3) is 5.76 Å². The van der Waals surface area contributed by atoms with Crippen LogP contribution in [0.3, 0.4) is 0 Å². The van der Waals surface area contributed by atoms with Crippen LogP contribution in [0.5, 0.6) is 0 Å². The number of benzene rings is 2. The smallest absolute Gasteiger partial charge is 0.258 e. The Balaban J connectivity index is 2.32. The van der Waals surface area contributed by atoms with Crippen LogP contribution in [0.2, 0.25) is 0 Å². The van der Waals surface area contributed by atoms with Crippen LogP contribution in [0.4, 0.5) is 0 Å². The van der Waals surface area contributed by atoms with Crippen molar-refractivity contribution in [3.05, 3.63) is 77.2 Å². The first kappa shape index (κ1) is 12.5. The van der Waals surface area contributed by atoms with Crippen molar-refractivity contribution in [1.29, 1.82) is 0 Å². The van der Waals surface area contributed by atoms with Crippen molar-refractivity contribution in [3.63, 3.8) is 0 Å². The maximum atomic E-state index is 10.9. The van der Waals surface area contributed by atoms with Gasteiger partial charge in [0, 0.05) is 16.7 Å². The molecule has 1 aliphatic rings. The molecule has 0 spiro atoms. The Kier molecular flexibility index (Phi) is 2.67. The molecule has 5 heteroatoms. The first-order valence-corrected chi connectivity index (χ1v) is 6.06. The fourth-order valence-electron chi connectivity index (χ4n) is 2.43. The van der Waals surface area contributed by atoms with E-state index in [1.54, 1.807) is 54.6 Å². The summed E-state index contributed by atoms with van der Waals surface area (Å²) in [6.45, 7) is 0. The predicted molar refractivity (Wildman–Crippen MR) is 71.7 cm³/mol. The molecular formula is C15H13NO4. The average Bonchev–Trinajstić information content (AvgIpc) is 2.51. The lowest BCUT2D eigenvalue weighted by atomic mass is 9.87. The monoisotopic (exact) mass is 271 g/mol. The highest BCUT2D eigenvalue weighted by Gasteiger charge is 2.46. The van der Waals surface area contributed by atoms with E-state index in [1.807, 2.05) is 0 Å². The number of hydrogen-bond donors (Lipinski definition) is 4. The van der Waals surface area contributed by atoms with Crippen LogP contribution >= 0.6 is 0 Å². The van der Waals surface area contributed by atoms with Gasteiger partial charge in [-0.3, -0.25) is 5.21 Å². The van der Waals surface area contributed by atoms with Crippen molar-refractivity contribution in [2.24, 2.45) is 0 Å². The van der Waals surface area contributed by atoms with Gasteiger partial charge in [0.25, 0.3) is 5.88 Å². The summed E-state index contributed by atoms with van der Waals surface area (Å²) < 4.78 is 0. The van der Waals surface area contributed by atoms with Crippen LogP contribution in [-0.2, 0) is 5.72 Å². The highest BCUT2D eigenvalue weighted by Crippen LogP contribution is 2.42. The summed E-state index contributed by atoms with van der Waals surface area (Å²) in [6.07, 6.45) is 0. The van der Waals surface area contributed by atoms with Crippen molar-refractivity contribution in [2.75, 3.05) is 0 Å². The lowest BCUT2D eigenvalue weighted by molar-refractivity contribution is -0.247. The summed E-state index contributed by atoms with van der Waals surface area (Å²) in [5.74, 6) is -1.28. The molecule has 0 aromatic heterocycles. The fraction of sp³-hybridized carbons (Fsp3) is 0.0667. The number of hydrogen-bond acceptors (Lipinski definition) is 5. The molecule has 0 amide bonds. The van der Waals surface area contributed by atoms with Crippen molar-refractivity contribution in [1.82, 2.24) is 5.06 Å². The average molecular weight is 271 g/mol. The minimum absolute atomic E-state index is 0.264. The first-order chi connectivity index (χ1) is 9.56. The van der Waals surface area contributed by atoms with Gasteiger partial charge in [-0.1, -0.05) is 54.6 Å². The van der Waals surface area contributed by atoms with Gasteiger partial charge in [-0.15, -0.1) is 0 Å². The van der Waals surface area contributed by atoms with Crippen LogP contribution in [0.15, 0.2) is 60.5 Å². The molecule has 1 atom stereocenters. The summed E-state index contributed by atoms with van der Waals surface area (Å²) in [5.41, 5.74) is -1.05. The lowest BCUT2D eigenvalue weighted by Gasteiger charge is -2.40. The maximum Gasteiger partial charge on any atom is 0.258 e. The van der Waals surface area contributed by atoms with Crippen molar-refractivity contribution in [3.8, 4) is 0 Å². The molecular weight excluding hydrogens is 258 g/mol. The molecule has 0 bridgehead atoms. The van der Waals surface area contributed by atoms with Gasteiger partial charge in [0.15, 0.2) is 5.76 Å². The largest absolute Gasteiger partial charge is 0.503 e. The van der Waals surface area contributed by atoms with E-state index < -0.39 is 17.4 Å². The zero-order chi connectivity index (χ0) is 14.3. The summed E-state index contributed by atoms with van der Waals surface area (Å²) in [5, 5.41) is 41.0. The summed E-state index contributed by atoms with van der Waals surface area (Å²) >= 11 is 0. The summed E-state index contributed by atoms with van der Waals surface area (Å²) in [4.78, 5) is 0. The first-order valence-electron chi connectivity index (χ1n) is 6.06. The maximum absolute atomic E-state index is 10.9. The Morgan fingerprint density at radius 3 is 2.15 bits per heavy atom. The van der Waals surface area contributed by atoms with Crippen molar-refractivity contribution >= 4 is 5.76 Å². The molecule has 4 N–H and O–H groups in total. The quantitative estimate of drug-likeness (QED) is 0.639. The normalized spacial score (nSPS) is 21.8. The third-order valence-electron chi connectivity index (χ3n) is 3.45. The molecule has 0 aliphatic carbocycles. The number of hydroxylamine groups is 2. The molecule has 2 aromatic rings. The Morgan fingerprint density at radius 1 is 0.850 bits per heavy atom. The van der Waals surface area contributed by atoms with E-state index >= 15 is 0 Å². The van der Waals surface area contributed by atoms with Gasteiger partial charge < -0.3 is 15.3 Å². The highest BCUT2D eigenvalue weighted by molar-refractivity contribution is 5.67. The van der Waals surface area contributed by atoms with Gasteiger partial charge in [-0.25, -0.2) is 0 Å². The minimum Gasteiger partial charge on any atom is -0.503 e. The molecule has 0 unspecified atom stereocenters. The zero-order valence-corrected chi connectivity index (χ0v) is 10.4. The third-order valence-corrected chi connectivity index (χ3v) is 3.45. The molecule has 1 aliphatic heterocycles.